The van der Waals surface area contributed by atoms with Crippen LogP contribution in [0.2, 0.25) is 0 Å². The lowest BCUT2D eigenvalue weighted by molar-refractivity contribution is 0.308. The first-order valence-electron chi connectivity index (χ1n) is 8.25. The van der Waals surface area contributed by atoms with Crippen LogP contribution in [0.4, 0.5) is 4.39 Å². The molecule has 1 N–H and O–H groups in total. The summed E-state index contributed by atoms with van der Waals surface area (Å²) in [4.78, 5) is 4.71. The molecule has 5 heteroatoms. The van der Waals surface area contributed by atoms with Gasteiger partial charge in [0.2, 0.25) is 0 Å². The van der Waals surface area contributed by atoms with Crippen LogP contribution in [0.3, 0.4) is 0 Å². The van der Waals surface area contributed by atoms with Crippen LogP contribution in [-0.2, 0) is 6.61 Å². The third kappa shape index (κ3) is 3.74. The van der Waals surface area contributed by atoms with E-state index in [-0.39, 0.29) is 11.9 Å². The summed E-state index contributed by atoms with van der Waals surface area (Å²) in [7, 11) is 0. The molecule has 0 fully saturated rings. The molecule has 0 amide bonds. The molecule has 126 valence electrons. The molecule has 0 aliphatic heterocycles. The van der Waals surface area contributed by atoms with E-state index in [9.17, 15) is 4.39 Å². The number of nitrogens with zero attached hydrogens (tertiary/aromatic N) is 2. The van der Waals surface area contributed by atoms with Crippen molar-refractivity contribution >= 4 is 5.65 Å². The second kappa shape index (κ2) is 7.45. The predicted octanol–water partition coefficient (Wildman–Crippen LogP) is 4.11. The van der Waals surface area contributed by atoms with Gasteiger partial charge in [-0.05, 0) is 49.7 Å². The standard InChI is InChI=1S/C19H22FN3O/c1-3-10-21-14(2)17-12-23-11-4-5-18(19(23)22-17)24-13-15-6-8-16(20)9-7-15/h4-9,11-12,14,21H,3,10,13H2,1-2H3. The lowest BCUT2D eigenvalue weighted by Crippen LogP contribution is -2.19. The van der Waals surface area contributed by atoms with Crippen LogP contribution in [0.15, 0.2) is 48.8 Å². The Morgan fingerprint density at radius 2 is 2.04 bits per heavy atom. The average molecular weight is 327 g/mol. The number of fused-ring (bicyclic) bond motifs is 1. The molecule has 3 rings (SSSR count). The molecule has 1 atom stereocenters. The minimum absolute atomic E-state index is 0.190. The van der Waals surface area contributed by atoms with Gasteiger partial charge in [0.25, 0.3) is 0 Å². The lowest BCUT2D eigenvalue weighted by atomic mass is 10.2. The van der Waals surface area contributed by atoms with Crippen LogP contribution >= 0.6 is 0 Å². The zero-order valence-corrected chi connectivity index (χ0v) is 14.0. The first-order chi connectivity index (χ1) is 11.7. The van der Waals surface area contributed by atoms with Crippen LogP contribution in [0, 0.1) is 5.82 Å². The van der Waals surface area contributed by atoms with Crippen molar-refractivity contribution in [3.8, 4) is 5.75 Å². The van der Waals surface area contributed by atoms with E-state index in [1.54, 1.807) is 12.1 Å². The van der Waals surface area contributed by atoms with Crippen LogP contribution in [0.1, 0.15) is 37.6 Å². The molecule has 3 aromatic rings. The maximum atomic E-state index is 13.0. The van der Waals surface area contributed by atoms with Gasteiger partial charge in [-0.15, -0.1) is 0 Å². The smallest absolute Gasteiger partial charge is 0.180 e. The van der Waals surface area contributed by atoms with Crippen molar-refractivity contribution in [1.29, 1.82) is 0 Å². The van der Waals surface area contributed by atoms with Gasteiger partial charge in [0.15, 0.2) is 11.4 Å². The molecule has 0 saturated carbocycles. The molecule has 2 heterocycles. The molecule has 24 heavy (non-hydrogen) atoms. The van der Waals surface area contributed by atoms with Gasteiger partial charge in [-0.1, -0.05) is 19.1 Å². The number of rotatable bonds is 7. The Kier molecular flexibility index (Phi) is 5.11. The highest BCUT2D eigenvalue weighted by molar-refractivity contribution is 5.54. The number of imidazole rings is 1. The Bertz CT molecular complexity index is 798. The molecule has 1 aromatic carbocycles. The minimum Gasteiger partial charge on any atom is -0.485 e. The van der Waals surface area contributed by atoms with E-state index in [2.05, 4.69) is 19.2 Å². The fourth-order valence-corrected chi connectivity index (χ4v) is 2.53. The summed E-state index contributed by atoms with van der Waals surface area (Å²) in [6.45, 7) is 5.59. The van der Waals surface area contributed by atoms with Crippen molar-refractivity contribution in [3.05, 3.63) is 65.9 Å². The molecule has 0 aliphatic rings. The topological polar surface area (TPSA) is 38.6 Å². The minimum atomic E-state index is -0.243. The van der Waals surface area contributed by atoms with Crippen molar-refractivity contribution < 1.29 is 9.13 Å². The first-order valence-corrected chi connectivity index (χ1v) is 8.25. The highest BCUT2D eigenvalue weighted by Crippen LogP contribution is 2.22. The van der Waals surface area contributed by atoms with Gasteiger partial charge in [0, 0.05) is 18.4 Å². The van der Waals surface area contributed by atoms with E-state index in [0.29, 0.717) is 6.61 Å². The summed E-state index contributed by atoms with van der Waals surface area (Å²) in [5.41, 5.74) is 2.70. The maximum absolute atomic E-state index is 13.0. The van der Waals surface area contributed by atoms with Crippen molar-refractivity contribution in [1.82, 2.24) is 14.7 Å². The fraction of sp³-hybridized carbons (Fsp3) is 0.316. The molecule has 0 saturated heterocycles. The fourth-order valence-electron chi connectivity index (χ4n) is 2.53. The van der Waals surface area contributed by atoms with Crippen LogP contribution in [0.5, 0.6) is 5.75 Å². The van der Waals surface area contributed by atoms with Crippen molar-refractivity contribution in [2.24, 2.45) is 0 Å². The Balaban J connectivity index is 1.78. The van der Waals surface area contributed by atoms with Gasteiger partial charge >= 0.3 is 0 Å². The maximum Gasteiger partial charge on any atom is 0.180 e. The number of aromatic nitrogens is 2. The number of halogens is 1. The lowest BCUT2D eigenvalue weighted by Gasteiger charge is -2.09. The summed E-state index contributed by atoms with van der Waals surface area (Å²) in [6.07, 6.45) is 5.07. The number of ether oxygens (including phenoxy) is 1. The Hall–Kier alpha value is -2.40. The highest BCUT2D eigenvalue weighted by atomic mass is 19.1. The zero-order valence-electron chi connectivity index (χ0n) is 14.0. The van der Waals surface area contributed by atoms with Crippen molar-refractivity contribution in [3.63, 3.8) is 0 Å². The summed E-state index contributed by atoms with van der Waals surface area (Å²) in [5.74, 6) is 0.475. The summed E-state index contributed by atoms with van der Waals surface area (Å²) in [6, 6.07) is 10.4. The number of nitrogens with one attached hydrogen (secondary N) is 1. The number of pyridine rings is 1. The van der Waals surface area contributed by atoms with Crippen molar-refractivity contribution in [2.45, 2.75) is 32.9 Å². The van der Waals surface area contributed by atoms with Crippen LogP contribution in [0.25, 0.3) is 5.65 Å². The highest BCUT2D eigenvalue weighted by Gasteiger charge is 2.12. The molecular weight excluding hydrogens is 305 g/mol. The van der Waals surface area contributed by atoms with Crippen LogP contribution < -0.4 is 10.1 Å². The molecule has 2 aromatic heterocycles. The third-order valence-electron chi connectivity index (χ3n) is 3.92. The Morgan fingerprint density at radius 3 is 2.79 bits per heavy atom. The molecule has 0 spiro atoms. The quantitative estimate of drug-likeness (QED) is 0.709. The average Bonchev–Trinajstić information content (AvgIpc) is 3.04. The van der Waals surface area contributed by atoms with E-state index in [0.717, 1.165) is 35.6 Å². The zero-order chi connectivity index (χ0) is 16.9. The number of benzene rings is 1. The van der Waals surface area contributed by atoms with E-state index in [4.69, 9.17) is 9.72 Å². The molecule has 1 unspecified atom stereocenters. The van der Waals surface area contributed by atoms with Gasteiger partial charge < -0.3 is 14.5 Å². The van der Waals surface area contributed by atoms with Gasteiger partial charge in [0.1, 0.15) is 12.4 Å². The van der Waals surface area contributed by atoms with E-state index >= 15 is 0 Å². The van der Waals surface area contributed by atoms with Gasteiger partial charge in [-0.3, -0.25) is 0 Å². The Morgan fingerprint density at radius 1 is 1.25 bits per heavy atom. The second-order valence-corrected chi connectivity index (χ2v) is 5.86. The largest absolute Gasteiger partial charge is 0.485 e. The molecule has 4 nitrogen and oxygen atoms in total. The Labute approximate surface area is 141 Å². The van der Waals surface area contributed by atoms with E-state index in [1.165, 1.54) is 12.1 Å². The van der Waals surface area contributed by atoms with Gasteiger partial charge in [-0.25, -0.2) is 9.37 Å². The van der Waals surface area contributed by atoms with E-state index < -0.39 is 0 Å². The normalized spacial score (nSPS) is 12.5. The summed E-state index contributed by atoms with van der Waals surface area (Å²) < 4.78 is 20.8. The molecule has 0 radical (unpaired) electrons. The SMILES string of the molecule is CCCNC(C)c1cn2cccc(OCc3ccc(F)cc3)c2n1. The molecule has 0 aliphatic carbocycles. The van der Waals surface area contributed by atoms with Gasteiger partial charge in [0.05, 0.1) is 5.69 Å². The number of hydrogen-bond acceptors (Lipinski definition) is 3. The van der Waals surface area contributed by atoms with Gasteiger partial charge in [-0.2, -0.15) is 0 Å². The third-order valence-corrected chi connectivity index (χ3v) is 3.92. The first kappa shape index (κ1) is 16.5. The predicted molar refractivity (Wildman–Crippen MR) is 92.6 cm³/mol. The van der Waals surface area contributed by atoms with Crippen molar-refractivity contribution in [2.75, 3.05) is 6.54 Å². The van der Waals surface area contributed by atoms with E-state index in [1.807, 2.05) is 28.9 Å². The number of hydrogen-bond donors (Lipinski definition) is 1. The second-order valence-electron chi connectivity index (χ2n) is 5.86. The summed E-state index contributed by atoms with van der Waals surface area (Å²) >= 11 is 0. The molecule has 0 bridgehead atoms. The summed E-state index contributed by atoms with van der Waals surface area (Å²) in [5, 5.41) is 3.44. The molecular formula is C19H22FN3O. The monoisotopic (exact) mass is 327 g/mol. The van der Waals surface area contributed by atoms with Crippen LogP contribution in [-0.4, -0.2) is 15.9 Å².